The van der Waals surface area contributed by atoms with Gasteiger partial charge in [0.2, 0.25) is 0 Å². The van der Waals surface area contributed by atoms with Gasteiger partial charge in [-0.05, 0) is 24.6 Å². The van der Waals surface area contributed by atoms with Crippen molar-refractivity contribution in [3.05, 3.63) is 89.3 Å². The summed E-state index contributed by atoms with van der Waals surface area (Å²) in [5.74, 6) is 0. The van der Waals surface area contributed by atoms with E-state index in [0.29, 0.717) is 12.6 Å². The van der Waals surface area contributed by atoms with E-state index in [1.165, 1.54) is 5.56 Å². The number of thiazole rings is 1. The quantitative estimate of drug-likeness (QED) is 0.366. The lowest BCUT2D eigenvalue weighted by atomic mass is 10.1. The summed E-state index contributed by atoms with van der Waals surface area (Å²) in [6, 6.07) is 25.2. The molecule has 5 heteroatoms. The zero-order chi connectivity index (χ0) is 19.6. The number of para-hydroxylation sites is 2. The van der Waals surface area contributed by atoms with Crippen LogP contribution in [0.5, 0.6) is 0 Å². The fourth-order valence-corrected chi connectivity index (χ4v) is 3.99. The SMILES string of the molecule is Cc1ccc(-c2csc(-c3ccc(CNc4nc5ccccc5o4)cc3)n2)cc1. The molecule has 0 aliphatic heterocycles. The molecule has 5 aromatic rings. The molecule has 0 saturated carbocycles. The van der Waals surface area contributed by atoms with Crippen molar-refractivity contribution in [3.63, 3.8) is 0 Å². The van der Waals surface area contributed by atoms with Gasteiger partial charge >= 0.3 is 0 Å². The Morgan fingerprint density at radius 1 is 0.862 bits per heavy atom. The van der Waals surface area contributed by atoms with Crippen LogP contribution in [0.4, 0.5) is 6.01 Å². The second-order valence-electron chi connectivity index (χ2n) is 6.94. The van der Waals surface area contributed by atoms with Gasteiger partial charge in [0.05, 0.1) is 5.69 Å². The van der Waals surface area contributed by atoms with Crippen molar-refractivity contribution in [1.82, 2.24) is 9.97 Å². The summed E-state index contributed by atoms with van der Waals surface area (Å²) in [7, 11) is 0. The number of rotatable bonds is 5. The number of anilines is 1. The third-order valence-electron chi connectivity index (χ3n) is 4.79. The van der Waals surface area contributed by atoms with Gasteiger partial charge in [0.1, 0.15) is 10.5 Å². The Bertz CT molecular complexity index is 1220. The van der Waals surface area contributed by atoms with Gasteiger partial charge in [-0.1, -0.05) is 66.2 Å². The maximum Gasteiger partial charge on any atom is 0.295 e. The van der Waals surface area contributed by atoms with Crippen LogP contribution in [0.15, 0.2) is 82.6 Å². The molecule has 0 spiro atoms. The number of hydrogen-bond acceptors (Lipinski definition) is 5. The molecule has 2 aromatic heterocycles. The Hall–Kier alpha value is -3.44. The molecule has 1 N–H and O–H groups in total. The molecule has 0 saturated heterocycles. The van der Waals surface area contributed by atoms with E-state index in [-0.39, 0.29) is 0 Å². The van der Waals surface area contributed by atoms with Gasteiger partial charge in [-0.3, -0.25) is 0 Å². The molecule has 0 unspecified atom stereocenters. The lowest BCUT2D eigenvalue weighted by Crippen LogP contribution is -1.99. The minimum Gasteiger partial charge on any atom is -0.424 e. The van der Waals surface area contributed by atoms with E-state index in [1.807, 2.05) is 24.3 Å². The summed E-state index contributed by atoms with van der Waals surface area (Å²) in [4.78, 5) is 9.25. The van der Waals surface area contributed by atoms with Crippen LogP contribution >= 0.6 is 11.3 Å². The molecule has 0 aliphatic rings. The van der Waals surface area contributed by atoms with Gasteiger partial charge in [0.25, 0.3) is 6.01 Å². The number of nitrogens with zero attached hydrogens (tertiary/aromatic N) is 2. The van der Waals surface area contributed by atoms with Crippen molar-refractivity contribution in [2.45, 2.75) is 13.5 Å². The summed E-state index contributed by atoms with van der Waals surface area (Å²) in [6.45, 7) is 2.75. The highest BCUT2D eigenvalue weighted by Gasteiger charge is 2.08. The van der Waals surface area contributed by atoms with E-state index in [4.69, 9.17) is 9.40 Å². The van der Waals surface area contributed by atoms with E-state index in [9.17, 15) is 0 Å². The number of hydrogen-bond donors (Lipinski definition) is 1. The fourth-order valence-electron chi connectivity index (χ4n) is 3.15. The Balaban J connectivity index is 1.28. The van der Waals surface area contributed by atoms with Crippen LogP contribution in [-0.4, -0.2) is 9.97 Å². The molecule has 4 nitrogen and oxygen atoms in total. The van der Waals surface area contributed by atoms with E-state index in [2.05, 4.69) is 71.1 Å². The Morgan fingerprint density at radius 3 is 2.41 bits per heavy atom. The van der Waals surface area contributed by atoms with Gasteiger partial charge in [0, 0.05) is 23.1 Å². The molecular formula is C24H19N3OS. The molecule has 5 rings (SSSR count). The summed E-state index contributed by atoms with van der Waals surface area (Å²) in [5, 5.41) is 6.39. The van der Waals surface area contributed by atoms with E-state index in [0.717, 1.165) is 38.5 Å². The molecule has 0 amide bonds. The lowest BCUT2D eigenvalue weighted by Gasteiger charge is -2.03. The van der Waals surface area contributed by atoms with Crippen molar-refractivity contribution < 1.29 is 4.42 Å². The predicted molar refractivity (Wildman–Crippen MR) is 119 cm³/mol. The number of nitrogens with one attached hydrogen (secondary N) is 1. The molecule has 142 valence electrons. The fraction of sp³-hybridized carbons (Fsp3) is 0.0833. The maximum absolute atomic E-state index is 5.70. The molecule has 0 fully saturated rings. The second-order valence-corrected chi connectivity index (χ2v) is 7.80. The monoisotopic (exact) mass is 397 g/mol. The Kier molecular flexibility index (Phi) is 4.58. The van der Waals surface area contributed by atoms with E-state index in [1.54, 1.807) is 11.3 Å². The molecule has 0 aliphatic carbocycles. The van der Waals surface area contributed by atoms with Crippen molar-refractivity contribution in [2.75, 3.05) is 5.32 Å². The molecule has 3 aromatic carbocycles. The van der Waals surface area contributed by atoms with Gasteiger partial charge in [-0.2, -0.15) is 4.98 Å². The van der Waals surface area contributed by atoms with Gasteiger partial charge in [0.15, 0.2) is 5.58 Å². The third-order valence-corrected chi connectivity index (χ3v) is 5.68. The van der Waals surface area contributed by atoms with Gasteiger partial charge in [-0.25, -0.2) is 4.98 Å². The second kappa shape index (κ2) is 7.53. The van der Waals surface area contributed by atoms with Crippen LogP contribution in [0.2, 0.25) is 0 Å². The van der Waals surface area contributed by atoms with Crippen molar-refractivity contribution >= 4 is 28.5 Å². The molecule has 0 atom stereocenters. The van der Waals surface area contributed by atoms with Crippen molar-refractivity contribution in [1.29, 1.82) is 0 Å². The van der Waals surface area contributed by atoms with Crippen molar-refractivity contribution in [3.8, 4) is 21.8 Å². The summed E-state index contributed by atoms with van der Waals surface area (Å²) in [5.41, 5.74) is 7.36. The van der Waals surface area contributed by atoms with Crippen molar-refractivity contribution in [2.24, 2.45) is 0 Å². The topological polar surface area (TPSA) is 51.0 Å². The summed E-state index contributed by atoms with van der Waals surface area (Å²) < 4.78 is 5.70. The van der Waals surface area contributed by atoms with Gasteiger partial charge < -0.3 is 9.73 Å². The van der Waals surface area contributed by atoms with Crippen LogP contribution in [0.3, 0.4) is 0 Å². The number of fused-ring (bicyclic) bond motifs is 1. The molecular weight excluding hydrogens is 378 g/mol. The summed E-state index contributed by atoms with van der Waals surface area (Å²) >= 11 is 1.67. The molecule has 0 radical (unpaired) electrons. The summed E-state index contributed by atoms with van der Waals surface area (Å²) in [6.07, 6.45) is 0. The number of oxazole rings is 1. The van der Waals surface area contributed by atoms with Crippen LogP contribution in [-0.2, 0) is 6.54 Å². The smallest absolute Gasteiger partial charge is 0.295 e. The minimum atomic E-state index is 0.540. The maximum atomic E-state index is 5.70. The standard InChI is InChI=1S/C24H19N3OS/c1-16-6-10-18(11-7-16)21-15-29-23(26-21)19-12-8-17(9-13-19)14-25-24-27-20-4-2-3-5-22(20)28-24/h2-13,15H,14H2,1H3,(H,25,27). The minimum absolute atomic E-state index is 0.540. The number of aryl methyl sites for hydroxylation is 1. The average molecular weight is 398 g/mol. The zero-order valence-corrected chi connectivity index (χ0v) is 16.7. The number of aromatic nitrogens is 2. The molecule has 2 heterocycles. The largest absolute Gasteiger partial charge is 0.424 e. The first-order chi connectivity index (χ1) is 14.2. The lowest BCUT2D eigenvalue weighted by molar-refractivity contribution is 0.614. The van der Waals surface area contributed by atoms with Crippen LogP contribution in [0, 0.1) is 6.92 Å². The van der Waals surface area contributed by atoms with Crippen LogP contribution < -0.4 is 5.32 Å². The Morgan fingerprint density at radius 2 is 1.62 bits per heavy atom. The first kappa shape index (κ1) is 17.6. The predicted octanol–water partition coefficient (Wildman–Crippen LogP) is 6.54. The first-order valence-corrected chi connectivity index (χ1v) is 10.3. The van der Waals surface area contributed by atoms with E-state index >= 15 is 0 Å². The Labute approximate surface area is 172 Å². The van der Waals surface area contributed by atoms with Crippen LogP contribution in [0.25, 0.3) is 32.9 Å². The molecule has 29 heavy (non-hydrogen) atoms. The van der Waals surface area contributed by atoms with Gasteiger partial charge in [-0.15, -0.1) is 11.3 Å². The highest BCUT2D eigenvalue weighted by Crippen LogP contribution is 2.29. The highest BCUT2D eigenvalue weighted by atomic mass is 32.1. The molecule has 0 bridgehead atoms. The van der Waals surface area contributed by atoms with E-state index < -0.39 is 0 Å². The zero-order valence-electron chi connectivity index (χ0n) is 15.9. The average Bonchev–Trinajstić information content (AvgIpc) is 3.40. The normalized spacial score (nSPS) is 11.1. The highest BCUT2D eigenvalue weighted by molar-refractivity contribution is 7.13. The number of benzene rings is 3. The first-order valence-electron chi connectivity index (χ1n) is 9.46. The van der Waals surface area contributed by atoms with Crippen LogP contribution in [0.1, 0.15) is 11.1 Å². The third kappa shape index (κ3) is 3.77.